The van der Waals surface area contributed by atoms with Crippen molar-refractivity contribution < 1.29 is 19.5 Å². The van der Waals surface area contributed by atoms with Gasteiger partial charge in [0.05, 0.1) is 11.3 Å². The van der Waals surface area contributed by atoms with Gasteiger partial charge >= 0.3 is 5.97 Å². The zero-order valence-electron chi connectivity index (χ0n) is 10.1. The van der Waals surface area contributed by atoms with Crippen LogP contribution in [-0.2, 0) is 9.59 Å². The lowest BCUT2D eigenvalue weighted by Gasteiger charge is -2.19. The van der Waals surface area contributed by atoms with Gasteiger partial charge in [0, 0.05) is 17.3 Å². The predicted octanol–water partition coefficient (Wildman–Crippen LogP) is 2.58. The molecule has 1 N–H and O–H groups in total. The van der Waals surface area contributed by atoms with Crippen LogP contribution in [0, 0.1) is 0 Å². The van der Waals surface area contributed by atoms with E-state index in [1.807, 2.05) is 0 Å². The summed E-state index contributed by atoms with van der Waals surface area (Å²) in [5, 5.41) is 9.01. The number of carbonyl (C=O) groups excluding carboxylic acids is 2. The van der Waals surface area contributed by atoms with Crippen LogP contribution in [0.15, 0.2) is 22.7 Å². The fraction of sp³-hybridized carbons (Fsp3) is 0.308. The average Bonchev–Trinajstić information content (AvgIpc) is 2.49. The second kappa shape index (κ2) is 5.52. The predicted molar refractivity (Wildman–Crippen MR) is 72.1 cm³/mol. The molecule has 0 radical (unpaired) electrons. The molecule has 100 valence electrons. The minimum atomic E-state index is -1.10. The van der Waals surface area contributed by atoms with E-state index in [0.29, 0.717) is 35.8 Å². The molecule has 0 atom stereocenters. The van der Waals surface area contributed by atoms with Gasteiger partial charge in [0.15, 0.2) is 0 Å². The standard InChI is InChI=1S/C13H12BrNO4/c14-9-5-8(13(18)19)6-10(7-9)15-11(16)3-1-2-4-12(15)17/h5-7H,1-4H2,(H,18,19). The number of hydrogen-bond donors (Lipinski definition) is 1. The SMILES string of the molecule is O=C(O)c1cc(Br)cc(N2C(=O)CCCCC2=O)c1. The van der Waals surface area contributed by atoms with E-state index in [4.69, 9.17) is 5.11 Å². The first-order valence-electron chi connectivity index (χ1n) is 5.88. The van der Waals surface area contributed by atoms with Crippen LogP contribution in [0.5, 0.6) is 0 Å². The molecule has 1 heterocycles. The molecule has 0 spiro atoms. The fourth-order valence-electron chi connectivity index (χ4n) is 2.03. The molecule has 0 saturated carbocycles. The van der Waals surface area contributed by atoms with E-state index in [1.54, 1.807) is 6.07 Å². The maximum absolute atomic E-state index is 12.0. The molecule has 1 saturated heterocycles. The Morgan fingerprint density at radius 3 is 2.21 bits per heavy atom. The zero-order valence-corrected chi connectivity index (χ0v) is 11.6. The third kappa shape index (κ3) is 3.01. The molecule has 1 aromatic carbocycles. The lowest BCUT2D eigenvalue weighted by molar-refractivity contribution is -0.125. The van der Waals surface area contributed by atoms with Crippen LogP contribution in [0.4, 0.5) is 5.69 Å². The Bertz CT molecular complexity index is 538. The summed E-state index contributed by atoms with van der Waals surface area (Å²) < 4.78 is 0.521. The van der Waals surface area contributed by atoms with Crippen molar-refractivity contribution in [2.75, 3.05) is 4.90 Å². The van der Waals surface area contributed by atoms with Crippen LogP contribution in [0.3, 0.4) is 0 Å². The number of hydrogen-bond acceptors (Lipinski definition) is 3. The van der Waals surface area contributed by atoms with Crippen LogP contribution in [-0.4, -0.2) is 22.9 Å². The highest BCUT2D eigenvalue weighted by Gasteiger charge is 2.26. The molecular formula is C13H12BrNO4. The molecule has 0 bridgehead atoms. The largest absolute Gasteiger partial charge is 0.478 e. The molecule has 5 nitrogen and oxygen atoms in total. The summed E-state index contributed by atoms with van der Waals surface area (Å²) in [6, 6.07) is 4.35. The minimum Gasteiger partial charge on any atom is -0.478 e. The summed E-state index contributed by atoms with van der Waals surface area (Å²) >= 11 is 3.19. The van der Waals surface area contributed by atoms with Crippen molar-refractivity contribution in [1.29, 1.82) is 0 Å². The van der Waals surface area contributed by atoms with E-state index < -0.39 is 5.97 Å². The Morgan fingerprint density at radius 1 is 1.11 bits per heavy atom. The number of aromatic carboxylic acids is 1. The number of anilines is 1. The molecule has 6 heteroatoms. The minimum absolute atomic E-state index is 0.0363. The topological polar surface area (TPSA) is 74.7 Å². The van der Waals surface area contributed by atoms with E-state index in [9.17, 15) is 14.4 Å². The van der Waals surface area contributed by atoms with Crippen molar-refractivity contribution in [2.24, 2.45) is 0 Å². The van der Waals surface area contributed by atoms with Crippen molar-refractivity contribution in [3.05, 3.63) is 28.2 Å². The number of nitrogens with zero attached hydrogens (tertiary/aromatic N) is 1. The first-order valence-corrected chi connectivity index (χ1v) is 6.68. The molecule has 1 aromatic rings. The molecule has 1 aliphatic rings. The van der Waals surface area contributed by atoms with Crippen LogP contribution in [0.2, 0.25) is 0 Å². The number of carbonyl (C=O) groups is 3. The number of carboxylic acid groups (broad SMARTS) is 1. The van der Waals surface area contributed by atoms with Crippen molar-refractivity contribution in [2.45, 2.75) is 25.7 Å². The van der Waals surface area contributed by atoms with E-state index in [2.05, 4.69) is 15.9 Å². The number of rotatable bonds is 2. The third-order valence-corrected chi connectivity index (χ3v) is 3.38. The molecule has 0 unspecified atom stereocenters. The van der Waals surface area contributed by atoms with Crippen LogP contribution >= 0.6 is 15.9 Å². The Hall–Kier alpha value is -1.69. The Labute approximate surface area is 118 Å². The maximum Gasteiger partial charge on any atom is 0.335 e. The molecule has 0 aliphatic carbocycles. The third-order valence-electron chi connectivity index (χ3n) is 2.92. The molecule has 19 heavy (non-hydrogen) atoms. The zero-order chi connectivity index (χ0) is 14.0. The lowest BCUT2D eigenvalue weighted by atomic mass is 10.2. The van der Waals surface area contributed by atoms with Gasteiger partial charge in [-0.1, -0.05) is 15.9 Å². The van der Waals surface area contributed by atoms with Crippen LogP contribution in [0.25, 0.3) is 0 Å². The number of benzene rings is 1. The summed E-state index contributed by atoms with van der Waals surface area (Å²) in [5.74, 6) is -1.66. The van der Waals surface area contributed by atoms with Gasteiger partial charge in [-0.05, 0) is 31.0 Å². The first kappa shape index (κ1) is 13.7. The summed E-state index contributed by atoms with van der Waals surface area (Å²) in [6.45, 7) is 0. The van der Waals surface area contributed by atoms with Crippen molar-refractivity contribution >= 4 is 39.4 Å². The second-order valence-electron chi connectivity index (χ2n) is 4.33. The quantitative estimate of drug-likeness (QED) is 0.848. The van der Waals surface area contributed by atoms with Crippen molar-refractivity contribution in [3.8, 4) is 0 Å². The van der Waals surface area contributed by atoms with Gasteiger partial charge in [-0.25, -0.2) is 4.79 Å². The highest BCUT2D eigenvalue weighted by molar-refractivity contribution is 9.10. The Kier molecular flexibility index (Phi) is 3.99. The number of carboxylic acids is 1. The number of imide groups is 1. The highest BCUT2D eigenvalue weighted by atomic mass is 79.9. The van der Waals surface area contributed by atoms with E-state index in [1.165, 1.54) is 12.1 Å². The summed E-state index contributed by atoms with van der Waals surface area (Å²) in [6.07, 6.45) is 1.98. The smallest absolute Gasteiger partial charge is 0.335 e. The Morgan fingerprint density at radius 2 is 1.68 bits per heavy atom. The monoisotopic (exact) mass is 325 g/mol. The second-order valence-corrected chi connectivity index (χ2v) is 5.25. The van der Waals surface area contributed by atoms with Gasteiger partial charge in [0.1, 0.15) is 0 Å². The molecular weight excluding hydrogens is 314 g/mol. The van der Waals surface area contributed by atoms with E-state index >= 15 is 0 Å². The Balaban J connectivity index is 2.46. The van der Waals surface area contributed by atoms with Crippen molar-refractivity contribution in [1.82, 2.24) is 0 Å². The van der Waals surface area contributed by atoms with Gasteiger partial charge in [-0.3, -0.25) is 14.5 Å². The van der Waals surface area contributed by atoms with Gasteiger partial charge < -0.3 is 5.11 Å². The fourth-order valence-corrected chi connectivity index (χ4v) is 2.51. The molecule has 1 fully saturated rings. The van der Waals surface area contributed by atoms with Gasteiger partial charge in [0.2, 0.25) is 11.8 Å². The normalized spacial score (nSPS) is 16.4. The molecule has 1 aliphatic heterocycles. The van der Waals surface area contributed by atoms with Crippen LogP contribution < -0.4 is 4.90 Å². The van der Waals surface area contributed by atoms with E-state index in [0.717, 1.165) is 4.90 Å². The summed E-state index contributed by atoms with van der Waals surface area (Å²) in [7, 11) is 0. The lowest BCUT2D eigenvalue weighted by Crippen LogP contribution is -2.35. The van der Waals surface area contributed by atoms with Gasteiger partial charge in [-0.15, -0.1) is 0 Å². The van der Waals surface area contributed by atoms with Crippen LogP contribution in [0.1, 0.15) is 36.0 Å². The summed E-state index contributed by atoms with van der Waals surface area (Å²) in [4.78, 5) is 36.0. The summed E-state index contributed by atoms with van der Waals surface area (Å²) in [5.41, 5.74) is 0.345. The number of amides is 2. The maximum atomic E-state index is 12.0. The molecule has 0 aromatic heterocycles. The molecule has 2 rings (SSSR count). The highest BCUT2D eigenvalue weighted by Crippen LogP contribution is 2.26. The number of halogens is 1. The van der Waals surface area contributed by atoms with Crippen molar-refractivity contribution in [3.63, 3.8) is 0 Å². The molecule has 2 amide bonds. The van der Waals surface area contributed by atoms with Gasteiger partial charge in [0.25, 0.3) is 0 Å². The first-order chi connectivity index (χ1) is 8.99. The average molecular weight is 326 g/mol. The van der Waals surface area contributed by atoms with E-state index in [-0.39, 0.29) is 17.4 Å². The van der Waals surface area contributed by atoms with Gasteiger partial charge in [-0.2, -0.15) is 0 Å².